The molecule has 6 heteroatoms. The van der Waals surface area contributed by atoms with E-state index in [1.54, 1.807) is 33.5 Å². The van der Waals surface area contributed by atoms with Crippen molar-refractivity contribution in [1.82, 2.24) is 0 Å². The molecule has 0 aliphatic carbocycles. The second kappa shape index (κ2) is 8.32. The highest BCUT2D eigenvalue weighted by Gasteiger charge is 2.09. The van der Waals surface area contributed by atoms with Crippen LogP contribution in [-0.4, -0.2) is 32.6 Å². The summed E-state index contributed by atoms with van der Waals surface area (Å²) in [6.45, 7) is 0. The summed E-state index contributed by atoms with van der Waals surface area (Å²) >= 11 is 11.2. The fraction of sp³-hybridized carbons (Fsp3) is 0.462. The van der Waals surface area contributed by atoms with Crippen molar-refractivity contribution >= 4 is 34.5 Å². The Balaban J connectivity index is 2.57. The highest BCUT2D eigenvalue weighted by molar-refractivity contribution is 7.80. The average Bonchev–Trinajstić information content (AvgIpc) is 2.42. The Bertz CT molecular complexity index is 424. The van der Waals surface area contributed by atoms with E-state index in [0.717, 1.165) is 5.69 Å². The van der Waals surface area contributed by atoms with Gasteiger partial charge in [-0.15, -0.1) is 0 Å². The van der Waals surface area contributed by atoms with E-state index < -0.39 is 0 Å². The molecule has 0 radical (unpaired) electrons. The summed E-state index contributed by atoms with van der Waals surface area (Å²) in [5, 5.41) is 3.75. The van der Waals surface area contributed by atoms with E-state index in [-0.39, 0.29) is 6.29 Å². The van der Waals surface area contributed by atoms with Crippen molar-refractivity contribution in [2.75, 3.05) is 26.6 Å². The van der Waals surface area contributed by atoms with Gasteiger partial charge in [-0.3, -0.25) is 0 Å². The molecule has 0 heterocycles. The number of thiocarbonyl (C=S) groups is 1. The van der Waals surface area contributed by atoms with Crippen molar-refractivity contribution in [1.29, 1.82) is 0 Å². The van der Waals surface area contributed by atoms with Crippen LogP contribution in [0.1, 0.15) is 12.8 Å². The van der Waals surface area contributed by atoms with E-state index in [2.05, 4.69) is 5.32 Å². The van der Waals surface area contributed by atoms with Crippen LogP contribution in [0.25, 0.3) is 0 Å². The largest absolute Gasteiger partial charge is 0.495 e. The van der Waals surface area contributed by atoms with E-state index in [4.69, 9.17) is 38.0 Å². The minimum absolute atomic E-state index is 0.244. The zero-order chi connectivity index (χ0) is 14.3. The van der Waals surface area contributed by atoms with Crippen LogP contribution < -0.4 is 10.1 Å². The zero-order valence-electron chi connectivity index (χ0n) is 11.2. The van der Waals surface area contributed by atoms with E-state index in [1.807, 2.05) is 6.07 Å². The first-order valence-corrected chi connectivity index (χ1v) is 6.58. The molecule has 0 aliphatic heterocycles. The number of halogens is 1. The first kappa shape index (κ1) is 16.2. The maximum atomic E-state index is 5.90. The topological polar surface area (TPSA) is 39.7 Å². The molecular formula is C13H18ClNO3S. The summed E-state index contributed by atoms with van der Waals surface area (Å²) in [7, 11) is 4.80. The maximum Gasteiger partial charge on any atom is 0.157 e. The fourth-order valence-corrected chi connectivity index (χ4v) is 1.95. The first-order valence-electron chi connectivity index (χ1n) is 5.79. The van der Waals surface area contributed by atoms with Crippen LogP contribution in [0.15, 0.2) is 18.2 Å². The molecule has 1 N–H and O–H groups in total. The van der Waals surface area contributed by atoms with E-state index in [1.165, 1.54) is 0 Å². The van der Waals surface area contributed by atoms with Crippen LogP contribution in [0.3, 0.4) is 0 Å². The lowest BCUT2D eigenvalue weighted by atomic mass is 10.2. The maximum absolute atomic E-state index is 5.90. The second-order valence-electron chi connectivity index (χ2n) is 3.83. The SMILES string of the molecule is COc1cc(Cl)ccc1NC(=S)CCC(OC)OC. The molecule has 0 atom stereocenters. The van der Waals surface area contributed by atoms with Gasteiger partial charge in [-0.2, -0.15) is 0 Å². The van der Waals surface area contributed by atoms with Crippen LogP contribution >= 0.6 is 23.8 Å². The lowest BCUT2D eigenvalue weighted by Crippen LogP contribution is -2.17. The molecule has 1 aromatic carbocycles. The third-order valence-electron chi connectivity index (χ3n) is 2.57. The summed E-state index contributed by atoms with van der Waals surface area (Å²) in [6, 6.07) is 5.35. The molecule has 4 nitrogen and oxygen atoms in total. The van der Waals surface area contributed by atoms with Gasteiger partial charge in [0.15, 0.2) is 6.29 Å². The highest BCUT2D eigenvalue weighted by Crippen LogP contribution is 2.28. The van der Waals surface area contributed by atoms with Crippen molar-refractivity contribution in [2.24, 2.45) is 0 Å². The van der Waals surface area contributed by atoms with Gasteiger partial charge in [-0.1, -0.05) is 23.8 Å². The van der Waals surface area contributed by atoms with Gasteiger partial charge in [0, 0.05) is 38.2 Å². The standard InChI is InChI=1S/C13H18ClNO3S/c1-16-11-8-9(14)4-5-10(11)15-12(19)6-7-13(17-2)18-3/h4-5,8,13H,6-7H2,1-3H3,(H,15,19). The molecule has 1 aromatic rings. The first-order chi connectivity index (χ1) is 9.10. The number of hydrogen-bond donors (Lipinski definition) is 1. The normalized spacial score (nSPS) is 10.6. The molecule has 0 unspecified atom stereocenters. The van der Waals surface area contributed by atoms with Crippen LogP contribution in [0.2, 0.25) is 5.02 Å². The molecule has 0 saturated heterocycles. The second-order valence-corrected chi connectivity index (χ2v) is 4.76. The van der Waals surface area contributed by atoms with Gasteiger partial charge < -0.3 is 19.5 Å². The molecule has 19 heavy (non-hydrogen) atoms. The third-order valence-corrected chi connectivity index (χ3v) is 3.11. The van der Waals surface area contributed by atoms with Crippen molar-refractivity contribution in [3.63, 3.8) is 0 Å². The molecule has 1 rings (SSSR count). The monoisotopic (exact) mass is 303 g/mol. The third kappa shape index (κ3) is 5.32. The Kier molecular flexibility index (Phi) is 7.09. The van der Waals surface area contributed by atoms with Crippen molar-refractivity contribution in [2.45, 2.75) is 19.1 Å². The Labute approximate surface area is 124 Å². The Morgan fingerprint density at radius 3 is 2.58 bits per heavy atom. The zero-order valence-corrected chi connectivity index (χ0v) is 12.8. The smallest absolute Gasteiger partial charge is 0.157 e. The molecule has 0 aliphatic rings. The highest BCUT2D eigenvalue weighted by atomic mass is 35.5. The molecular weight excluding hydrogens is 286 g/mol. The van der Waals surface area contributed by atoms with Crippen LogP contribution in [-0.2, 0) is 9.47 Å². The van der Waals surface area contributed by atoms with Crippen molar-refractivity contribution in [3.8, 4) is 5.75 Å². The Morgan fingerprint density at radius 2 is 2.00 bits per heavy atom. The van der Waals surface area contributed by atoms with E-state index >= 15 is 0 Å². The van der Waals surface area contributed by atoms with Crippen LogP contribution in [0.4, 0.5) is 5.69 Å². The number of methoxy groups -OCH3 is 3. The summed E-state index contributed by atoms with van der Waals surface area (Å²) < 4.78 is 15.5. The molecule has 0 saturated carbocycles. The molecule has 0 bridgehead atoms. The van der Waals surface area contributed by atoms with Gasteiger partial charge in [0.05, 0.1) is 17.8 Å². The van der Waals surface area contributed by atoms with E-state index in [0.29, 0.717) is 28.6 Å². The molecule has 0 spiro atoms. The number of hydrogen-bond acceptors (Lipinski definition) is 4. The van der Waals surface area contributed by atoms with Gasteiger partial charge >= 0.3 is 0 Å². The predicted molar refractivity (Wildman–Crippen MR) is 81.3 cm³/mol. The van der Waals surface area contributed by atoms with Crippen molar-refractivity contribution in [3.05, 3.63) is 23.2 Å². The number of nitrogens with one attached hydrogen (secondary N) is 1. The summed E-state index contributed by atoms with van der Waals surface area (Å²) in [6.07, 6.45) is 1.11. The number of rotatable bonds is 7. The van der Waals surface area contributed by atoms with Crippen molar-refractivity contribution < 1.29 is 14.2 Å². The van der Waals surface area contributed by atoms with Gasteiger partial charge in [0.25, 0.3) is 0 Å². The Morgan fingerprint density at radius 1 is 1.32 bits per heavy atom. The number of anilines is 1. The Hall–Kier alpha value is -0.880. The summed E-state index contributed by atoms with van der Waals surface area (Å²) in [4.78, 5) is 0.694. The van der Waals surface area contributed by atoms with Gasteiger partial charge in [0.1, 0.15) is 5.75 Å². The van der Waals surface area contributed by atoms with Gasteiger partial charge in [-0.25, -0.2) is 0 Å². The summed E-state index contributed by atoms with van der Waals surface area (Å²) in [5.41, 5.74) is 0.795. The molecule has 0 fully saturated rings. The molecule has 0 amide bonds. The number of benzene rings is 1. The molecule has 0 aromatic heterocycles. The van der Waals surface area contributed by atoms with Crippen LogP contribution in [0, 0.1) is 0 Å². The van der Waals surface area contributed by atoms with Crippen LogP contribution in [0.5, 0.6) is 5.75 Å². The van der Waals surface area contributed by atoms with Gasteiger partial charge in [0.2, 0.25) is 0 Å². The fourth-order valence-electron chi connectivity index (χ4n) is 1.56. The lowest BCUT2D eigenvalue weighted by Gasteiger charge is -2.15. The number of ether oxygens (including phenoxy) is 3. The van der Waals surface area contributed by atoms with Gasteiger partial charge in [-0.05, 0) is 12.1 Å². The average molecular weight is 304 g/mol. The molecule has 106 valence electrons. The summed E-state index contributed by atoms with van der Waals surface area (Å²) in [5.74, 6) is 0.657. The lowest BCUT2D eigenvalue weighted by molar-refractivity contribution is -0.104. The minimum atomic E-state index is -0.244. The predicted octanol–water partition coefficient (Wildman–Crippen LogP) is 3.49. The van der Waals surface area contributed by atoms with E-state index in [9.17, 15) is 0 Å². The minimum Gasteiger partial charge on any atom is -0.495 e. The quantitative estimate of drug-likeness (QED) is 0.617.